The minimum absolute atomic E-state index is 0.169. The Balaban J connectivity index is 1.65. The van der Waals surface area contributed by atoms with Gasteiger partial charge in [-0.1, -0.05) is 18.7 Å². The van der Waals surface area contributed by atoms with Gasteiger partial charge in [0, 0.05) is 12.6 Å². The summed E-state index contributed by atoms with van der Waals surface area (Å²) in [6, 6.07) is 12.2. The van der Waals surface area contributed by atoms with Crippen molar-refractivity contribution >= 4 is 0 Å². The highest BCUT2D eigenvalue weighted by atomic mass is 16.6. The lowest BCUT2D eigenvalue weighted by molar-refractivity contribution is 0.171. The van der Waals surface area contributed by atoms with Crippen molar-refractivity contribution in [3.63, 3.8) is 0 Å². The van der Waals surface area contributed by atoms with Crippen molar-refractivity contribution in [2.75, 3.05) is 26.9 Å². The SMILES string of the molecule is C=C(C)COc1cc(CNC(C)c2ccc3c(c2)OCCO3)ccc1OC. The topological polar surface area (TPSA) is 49.0 Å². The molecule has 1 aliphatic heterocycles. The fraction of sp³-hybridized carbons (Fsp3) is 0.364. The lowest BCUT2D eigenvalue weighted by Crippen LogP contribution is -2.19. The molecule has 1 heterocycles. The van der Waals surface area contributed by atoms with Crippen molar-refractivity contribution < 1.29 is 18.9 Å². The monoisotopic (exact) mass is 369 g/mol. The van der Waals surface area contributed by atoms with Crippen LogP contribution in [0.3, 0.4) is 0 Å². The van der Waals surface area contributed by atoms with Crippen molar-refractivity contribution in [3.8, 4) is 23.0 Å². The van der Waals surface area contributed by atoms with Crippen LogP contribution in [0.2, 0.25) is 0 Å². The van der Waals surface area contributed by atoms with Gasteiger partial charge in [0.1, 0.15) is 19.8 Å². The molecule has 0 fully saturated rings. The number of methoxy groups -OCH3 is 1. The molecule has 1 aliphatic rings. The summed E-state index contributed by atoms with van der Waals surface area (Å²) in [5.41, 5.74) is 3.25. The third-order valence-electron chi connectivity index (χ3n) is 4.38. The zero-order valence-electron chi connectivity index (χ0n) is 16.2. The van der Waals surface area contributed by atoms with Crippen LogP contribution in [0.15, 0.2) is 48.6 Å². The van der Waals surface area contributed by atoms with Gasteiger partial charge in [0.15, 0.2) is 23.0 Å². The fourth-order valence-corrected chi connectivity index (χ4v) is 2.86. The minimum Gasteiger partial charge on any atom is -0.493 e. The van der Waals surface area contributed by atoms with Gasteiger partial charge in [0.25, 0.3) is 0 Å². The van der Waals surface area contributed by atoms with E-state index in [1.165, 1.54) is 0 Å². The van der Waals surface area contributed by atoms with Gasteiger partial charge in [-0.3, -0.25) is 0 Å². The first-order chi connectivity index (χ1) is 13.1. The molecule has 0 aromatic heterocycles. The van der Waals surface area contributed by atoms with E-state index in [4.69, 9.17) is 18.9 Å². The summed E-state index contributed by atoms with van der Waals surface area (Å²) < 4.78 is 22.4. The molecule has 0 amide bonds. The summed E-state index contributed by atoms with van der Waals surface area (Å²) in [5, 5.41) is 3.54. The van der Waals surface area contributed by atoms with E-state index in [-0.39, 0.29) is 6.04 Å². The van der Waals surface area contributed by atoms with E-state index in [1.807, 2.05) is 37.3 Å². The maximum atomic E-state index is 5.80. The minimum atomic E-state index is 0.169. The number of hydrogen-bond donors (Lipinski definition) is 1. The van der Waals surface area contributed by atoms with E-state index in [2.05, 4.69) is 24.9 Å². The summed E-state index contributed by atoms with van der Waals surface area (Å²) in [5.74, 6) is 3.07. The van der Waals surface area contributed by atoms with Crippen LogP contribution in [-0.2, 0) is 6.54 Å². The largest absolute Gasteiger partial charge is 0.493 e. The van der Waals surface area contributed by atoms with Crippen LogP contribution in [0.4, 0.5) is 0 Å². The van der Waals surface area contributed by atoms with Crippen LogP contribution in [0.1, 0.15) is 31.0 Å². The predicted octanol–water partition coefficient (Wildman–Crippen LogP) is 4.27. The zero-order valence-corrected chi connectivity index (χ0v) is 16.2. The second-order valence-corrected chi connectivity index (χ2v) is 6.74. The predicted molar refractivity (Wildman–Crippen MR) is 106 cm³/mol. The van der Waals surface area contributed by atoms with Crippen molar-refractivity contribution in [3.05, 3.63) is 59.7 Å². The lowest BCUT2D eigenvalue weighted by atomic mass is 10.1. The Labute approximate surface area is 160 Å². The van der Waals surface area contributed by atoms with E-state index in [9.17, 15) is 0 Å². The molecule has 0 spiro atoms. The average molecular weight is 369 g/mol. The molecular formula is C22H27NO4. The summed E-state index contributed by atoms with van der Waals surface area (Å²) in [6.45, 7) is 10.3. The first kappa shape index (κ1) is 19.1. The first-order valence-corrected chi connectivity index (χ1v) is 9.14. The number of benzene rings is 2. The average Bonchev–Trinajstić information content (AvgIpc) is 2.70. The molecule has 0 bridgehead atoms. The molecule has 27 heavy (non-hydrogen) atoms. The Hall–Kier alpha value is -2.66. The molecular weight excluding hydrogens is 342 g/mol. The summed E-state index contributed by atoms with van der Waals surface area (Å²) in [4.78, 5) is 0. The van der Waals surface area contributed by atoms with Crippen LogP contribution < -0.4 is 24.3 Å². The van der Waals surface area contributed by atoms with Gasteiger partial charge in [-0.15, -0.1) is 0 Å². The number of fused-ring (bicyclic) bond motifs is 1. The van der Waals surface area contributed by atoms with E-state index in [0.717, 1.165) is 39.7 Å². The molecule has 5 heteroatoms. The van der Waals surface area contributed by atoms with E-state index in [1.54, 1.807) is 7.11 Å². The second kappa shape index (κ2) is 8.82. The highest BCUT2D eigenvalue weighted by molar-refractivity contribution is 5.45. The Morgan fingerprint density at radius 1 is 1.11 bits per heavy atom. The molecule has 0 radical (unpaired) electrons. The summed E-state index contributed by atoms with van der Waals surface area (Å²) in [6.07, 6.45) is 0. The van der Waals surface area contributed by atoms with Crippen molar-refractivity contribution in [1.29, 1.82) is 0 Å². The van der Waals surface area contributed by atoms with E-state index in [0.29, 0.717) is 26.4 Å². The highest BCUT2D eigenvalue weighted by Gasteiger charge is 2.14. The maximum Gasteiger partial charge on any atom is 0.161 e. The molecule has 2 aromatic rings. The Bertz CT molecular complexity index is 803. The van der Waals surface area contributed by atoms with Crippen LogP contribution in [0.5, 0.6) is 23.0 Å². The molecule has 1 N–H and O–H groups in total. The normalized spacial score (nSPS) is 13.7. The second-order valence-electron chi connectivity index (χ2n) is 6.74. The zero-order chi connectivity index (χ0) is 19.2. The van der Waals surface area contributed by atoms with Crippen LogP contribution >= 0.6 is 0 Å². The Kier molecular flexibility index (Phi) is 6.24. The molecule has 0 aliphatic carbocycles. The summed E-state index contributed by atoms with van der Waals surface area (Å²) in [7, 11) is 1.64. The van der Waals surface area contributed by atoms with Crippen LogP contribution in [0.25, 0.3) is 0 Å². The number of rotatable bonds is 8. The van der Waals surface area contributed by atoms with Crippen LogP contribution in [-0.4, -0.2) is 26.9 Å². The van der Waals surface area contributed by atoms with Crippen molar-refractivity contribution in [2.45, 2.75) is 26.4 Å². The lowest BCUT2D eigenvalue weighted by Gasteiger charge is -2.21. The maximum absolute atomic E-state index is 5.80. The van der Waals surface area contributed by atoms with Crippen molar-refractivity contribution in [1.82, 2.24) is 5.32 Å². The molecule has 5 nitrogen and oxygen atoms in total. The quantitative estimate of drug-likeness (QED) is 0.704. The molecule has 2 aromatic carbocycles. The van der Waals surface area contributed by atoms with Gasteiger partial charge in [0.2, 0.25) is 0 Å². The van der Waals surface area contributed by atoms with E-state index < -0.39 is 0 Å². The summed E-state index contributed by atoms with van der Waals surface area (Å²) >= 11 is 0. The fourth-order valence-electron chi connectivity index (χ4n) is 2.86. The third-order valence-corrected chi connectivity index (χ3v) is 4.38. The first-order valence-electron chi connectivity index (χ1n) is 9.14. The van der Waals surface area contributed by atoms with Crippen molar-refractivity contribution in [2.24, 2.45) is 0 Å². The molecule has 1 atom stereocenters. The van der Waals surface area contributed by atoms with Gasteiger partial charge in [-0.25, -0.2) is 0 Å². The van der Waals surface area contributed by atoms with Gasteiger partial charge in [0.05, 0.1) is 7.11 Å². The molecule has 1 unspecified atom stereocenters. The number of hydrogen-bond acceptors (Lipinski definition) is 5. The molecule has 144 valence electrons. The Morgan fingerprint density at radius 3 is 2.63 bits per heavy atom. The Morgan fingerprint density at radius 2 is 1.89 bits per heavy atom. The van der Waals surface area contributed by atoms with Gasteiger partial charge >= 0.3 is 0 Å². The number of ether oxygens (including phenoxy) is 4. The number of nitrogens with one attached hydrogen (secondary N) is 1. The van der Waals surface area contributed by atoms with Gasteiger partial charge < -0.3 is 24.3 Å². The van der Waals surface area contributed by atoms with E-state index >= 15 is 0 Å². The standard InChI is InChI=1S/C22H27NO4/c1-15(2)14-27-21-11-17(5-7-19(21)24-4)13-23-16(3)18-6-8-20-22(12-18)26-10-9-25-20/h5-8,11-12,16,23H,1,9-10,13-14H2,2-4H3. The smallest absolute Gasteiger partial charge is 0.161 e. The highest BCUT2D eigenvalue weighted by Crippen LogP contribution is 2.33. The molecule has 0 saturated carbocycles. The van der Waals surface area contributed by atoms with Gasteiger partial charge in [-0.2, -0.15) is 0 Å². The molecule has 0 saturated heterocycles. The van der Waals surface area contributed by atoms with Gasteiger partial charge in [-0.05, 0) is 54.8 Å². The third kappa shape index (κ3) is 4.95. The van der Waals surface area contributed by atoms with Crippen LogP contribution in [0, 0.1) is 0 Å². The molecule has 3 rings (SSSR count).